The molecule has 1 unspecified atom stereocenters. The van der Waals surface area contributed by atoms with E-state index in [9.17, 15) is 10.2 Å². The molecular weight excluding hydrogens is 224 g/mol. The molecule has 8 N–H and O–H groups in total. The normalized spacial score (nSPS) is 21.9. The van der Waals surface area contributed by atoms with Gasteiger partial charge in [0.2, 0.25) is 5.95 Å². The van der Waals surface area contributed by atoms with Gasteiger partial charge in [-0.3, -0.25) is 0 Å². The topological polar surface area (TPSA) is 142 Å². The van der Waals surface area contributed by atoms with Gasteiger partial charge in [-0.1, -0.05) is 0 Å². The van der Waals surface area contributed by atoms with Crippen LogP contribution in [0.15, 0.2) is 0 Å². The van der Waals surface area contributed by atoms with Crippen LogP contribution in [-0.2, 0) is 0 Å². The summed E-state index contributed by atoms with van der Waals surface area (Å²) in [6.07, 6.45) is -1.75. The molecule has 8 nitrogen and oxygen atoms in total. The van der Waals surface area contributed by atoms with Gasteiger partial charge in [0.05, 0.1) is 12.1 Å². The molecule has 3 atom stereocenters. The van der Waals surface area contributed by atoms with Gasteiger partial charge in [-0.25, -0.2) is 0 Å². The quantitative estimate of drug-likeness (QED) is 0.370. The largest absolute Gasteiger partial charge is 0.391 e. The Bertz CT molecular complexity index is 424. The number of hydrogen-bond acceptors (Lipinski definition) is 8. The summed E-state index contributed by atoms with van der Waals surface area (Å²) in [5.41, 5.74) is 11.7. The highest BCUT2D eigenvalue weighted by molar-refractivity contribution is 5.78. The lowest BCUT2D eigenvalue weighted by Crippen LogP contribution is -2.47. The molecule has 2 rings (SSSR count). The first-order valence-electron chi connectivity index (χ1n) is 5.28. The molecule has 0 bridgehead atoms. The fourth-order valence-corrected chi connectivity index (χ4v) is 1.75. The number of hydrogen-bond donors (Lipinski definition) is 6. The minimum Gasteiger partial charge on any atom is -0.391 e. The lowest BCUT2D eigenvalue weighted by atomic mass is 10.0. The summed E-state index contributed by atoms with van der Waals surface area (Å²) in [5.74, 6) is 0.802. The predicted octanol–water partition coefficient (Wildman–Crippen LogP) is -1.41. The Balaban J connectivity index is 2.24. The van der Waals surface area contributed by atoms with Crippen LogP contribution in [0.3, 0.4) is 0 Å². The summed E-state index contributed by atoms with van der Waals surface area (Å²) in [6.45, 7) is 1.93. The van der Waals surface area contributed by atoms with E-state index >= 15 is 0 Å². The Hall–Kier alpha value is -1.80. The lowest BCUT2D eigenvalue weighted by Gasteiger charge is -2.32. The van der Waals surface area contributed by atoms with E-state index in [-0.39, 0.29) is 17.8 Å². The van der Waals surface area contributed by atoms with Crippen LogP contribution >= 0.6 is 0 Å². The van der Waals surface area contributed by atoms with Gasteiger partial charge in [0.1, 0.15) is 11.8 Å². The molecule has 1 aromatic heterocycles. The van der Waals surface area contributed by atoms with Crippen molar-refractivity contribution in [2.24, 2.45) is 0 Å². The van der Waals surface area contributed by atoms with E-state index in [0.29, 0.717) is 18.1 Å². The van der Waals surface area contributed by atoms with Crippen LogP contribution in [0.4, 0.5) is 23.3 Å². The van der Waals surface area contributed by atoms with Gasteiger partial charge in [0, 0.05) is 6.54 Å². The number of aliphatic hydroxyl groups is 2. The summed E-state index contributed by atoms with van der Waals surface area (Å²) >= 11 is 0. The third kappa shape index (κ3) is 2.17. The number of nitrogen functional groups attached to an aromatic ring is 2. The van der Waals surface area contributed by atoms with Crippen molar-refractivity contribution in [3.8, 4) is 0 Å². The minimum atomic E-state index is -0.910. The monoisotopic (exact) mass is 240 g/mol. The Morgan fingerprint density at radius 1 is 1.35 bits per heavy atom. The van der Waals surface area contributed by atoms with E-state index in [1.807, 2.05) is 0 Å². The molecule has 8 heteroatoms. The molecule has 94 valence electrons. The zero-order valence-electron chi connectivity index (χ0n) is 9.38. The van der Waals surface area contributed by atoms with Crippen molar-refractivity contribution < 1.29 is 10.2 Å². The Labute approximate surface area is 98.1 Å². The van der Waals surface area contributed by atoms with Crippen molar-refractivity contribution in [2.75, 3.05) is 28.6 Å². The highest BCUT2D eigenvalue weighted by atomic mass is 16.3. The van der Waals surface area contributed by atoms with E-state index < -0.39 is 12.2 Å². The number of nitrogens with zero attached hydrogens (tertiary/aromatic N) is 2. The predicted molar refractivity (Wildman–Crippen MR) is 64.4 cm³/mol. The molecule has 0 aliphatic carbocycles. The lowest BCUT2D eigenvalue weighted by molar-refractivity contribution is 0.0214. The highest BCUT2D eigenvalue weighted by Gasteiger charge is 2.29. The third-order valence-corrected chi connectivity index (χ3v) is 2.68. The van der Waals surface area contributed by atoms with Crippen LogP contribution in [0.2, 0.25) is 0 Å². The minimum absolute atomic E-state index is 0.0880. The SMILES string of the molecule is C[C@H](O)[C@@H](O)C1CNc2nc(N)nc(N)c2N1. The fraction of sp³-hybridized carbons (Fsp3) is 0.556. The molecule has 1 aromatic rings. The van der Waals surface area contributed by atoms with E-state index in [1.165, 1.54) is 6.92 Å². The number of aromatic nitrogens is 2. The second kappa shape index (κ2) is 4.22. The fourth-order valence-electron chi connectivity index (χ4n) is 1.75. The summed E-state index contributed by atoms with van der Waals surface area (Å²) in [5, 5.41) is 25.1. The molecule has 1 aliphatic heterocycles. The van der Waals surface area contributed by atoms with Crippen molar-refractivity contribution in [1.29, 1.82) is 0 Å². The van der Waals surface area contributed by atoms with Crippen molar-refractivity contribution in [2.45, 2.75) is 25.2 Å². The van der Waals surface area contributed by atoms with Gasteiger partial charge in [0.25, 0.3) is 0 Å². The smallest absolute Gasteiger partial charge is 0.224 e. The Kier molecular flexibility index (Phi) is 2.90. The molecule has 0 aromatic carbocycles. The van der Waals surface area contributed by atoms with Crippen LogP contribution in [0, 0.1) is 0 Å². The number of rotatable bonds is 2. The summed E-state index contributed by atoms with van der Waals surface area (Å²) < 4.78 is 0. The van der Waals surface area contributed by atoms with E-state index in [1.54, 1.807) is 0 Å². The van der Waals surface area contributed by atoms with Crippen LogP contribution in [0.1, 0.15) is 6.92 Å². The molecule has 0 spiro atoms. The number of nitrogens with one attached hydrogen (secondary N) is 2. The van der Waals surface area contributed by atoms with Gasteiger partial charge in [-0.15, -0.1) is 0 Å². The van der Waals surface area contributed by atoms with Gasteiger partial charge < -0.3 is 32.3 Å². The van der Waals surface area contributed by atoms with Crippen molar-refractivity contribution in [3.63, 3.8) is 0 Å². The molecule has 0 fully saturated rings. The summed E-state index contributed by atoms with van der Waals surface area (Å²) in [7, 11) is 0. The first-order chi connectivity index (χ1) is 7.99. The van der Waals surface area contributed by atoms with Gasteiger partial charge >= 0.3 is 0 Å². The van der Waals surface area contributed by atoms with Gasteiger partial charge in [-0.2, -0.15) is 9.97 Å². The van der Waals surface area contributed by atoms with Gasteiger partial charge in [-0.05, 0) is 6.92 Å². The van der Waals surface area contributed by atoms with Gasteiger partial charge in [0.15, 0.2) is 11.6 Å². The van der Waals surface area contributed by atoms with Crippen LogP contribution < -0.4 is 22.1 Å². The maximum absolute atomic E-state index is 9.76. The van der Waals surface area contributed by atoms with Crippen LogP contribution in [0.5, 0.6) is 0 Å². The molecule has 1 aliphatic rings. The second-order valence-electron chi connectivity index (χ2n) is 4.05. The molecule has 0 amide bonds. The van der Waals surface area contributed by atoms with E-state index in [2.05, 4.69) is 20.6 Å². The molecule has 0 saturated carbocycles. The molecule has 2 heterocycles. The third-order valence-electron chi connectivity index (χ3n) is 2.68. The first-order valence-corrected chi connectivity index (χ1v) is 5.28. The van der Waals surface area contributed by atoms with Crippen LogP contribution in [0.25, 0.3) is 0 Å². The summed E-state index contributed by atoms with van der Waals surface area (Å²) in [6, 6.07) is -0.364. The number of anilines is 4. The van der Waals surface area contributed by atoms with Crippen molar-refractivity contribution in [3.05, 3.63) is 0 Å². The average Bonchev–Trinajstić information content (AvgIpc) is 2.27. The maximum Gasteiger partial charge on any atom is 0.224 e. The first kappa shape index (κ1) is 11.7. The van der Waals surface area contributed by atoms with E-state index in [4.69, 9.17) is 11.5 Å². The summed E-state index contributed by atoms with van der Waals surface area (Å²) in [4.78, 5) is 7.81. The molecular formula is C9H16N6O2. The second-order valence-corrected chi connectivity index (χ2v) is 4.05. The highest BCUT2D eigenvalue weighted by Crippen LogP contribution is 2.30. The van der Waals surface area contributed by atoms with Crippen molar-refractivity contribution in [1.82, 2.24) is 9.97 Å². The number of nitrogens with two attached hydrogens (primary N) is 2. The Morgan fingerprint density at radius 3 is 2.71 bits per heavy atom. The zero-order chi connectivity index (χ0) is 12.6. The number of aliphatic hydroxyl groups excluding tert-OH is 2. The maximum atomic E-state index is 9.76. The van der Waals surface area contributed by atoms with Crippen LogP contribution in [-0.4, -0.2) is 45.0 Å². The molecule has 0 saturated heterocycles. The van der Waals surface area contributed by atoms with E-state index in [0.717, 1.165) is 0 Å². The Morgan fingerprint density at radius 2 is 2.06 bits per heavy atom. The molecule has 17 heavy (non-hydrogen) atoms. The standard InChI is InChI=1S/C9H16N6O2/c1-3(16)6(17)4-2-12-8-5(13-4)7(10)14-9(11)15-8/h3-4,6,13,16-17H,2H2,1H3,(H5,10,11,12,14,15)/t3-,4?,6+/m0/s1. The van der Waals surface area contributed by atoms with Crippen molar-refractivity contribution >= 4 is 23.3 Å². The zero-order valence-corrected chi connectivity index (χ0v) is 9.38. The molecule has 0 radical (unpaired) electrons. The average molecular weight is 240 g/mol. The number of fused-ring (bicyclic) bond motifs is 1.